The minimum absolute atomic E-state index is 0.445. The van der Waals surface area contributed by atoms with E-state index in [4.69, 9.17) is 8.60 Å². The molecule has 0 amide bonds. The highest BCUT2D eigenvalue weighted by Crippen LogP contribution is 2.08. The van der Waals surface area contributed by atoms with E-state index in [1.807, 2.05) is 0 Å². The zero-order valence-electron chi connectivity index (χ0n) is 3.90. The minimum Gasteiger partial charge on any atom is -0.434 e. The van der Waals surface area contributed by atoms with Gasteiger partial charge in [-0.25, -0.2) is 0 Å². The number of furan rings is 1. The van der Waals surface area contributed by atoms with Crippen LogP contribution in [-0.2, 0) is 21.8 Å². The van der Waals surface area contributed by atoms with Crippen LogP contribution in [0.3, 0.4) is 0 Å². The fourth-order valence-corrected chi connectivity index (χ4v) is 0.750. The molecule has 0 aromatic carbocycles. The summed E-state index contributed by atoms with van der Waals surface area (Å²) < 4.78 is 9.54. The van der Waals surface area contributed by atoms with Gasteiger partial charge in [0.05, 0.1) is 16.9 Å². The molecule has 1 aromatic heterocycles. The van der Waals surface area contributed by atoms with Crippen LogP contribution in [0.5, 0.6) is 5.95 Å². The molecule has 0 aliphatic carbocycles. The van der Waals surface area contributed by atoms with E-state index in [1.165, 1.54) is 6.26 Å². The molecule has 0 unspecified atom stereocenters. The lowest BCUT2D eigenvalue weighted by atomic mass is 10.7. The van der Waals surface area contributed by atoms with Crippen molar-refractivity contribution >= 4 is 21.8 Å². The van der Waals surface area contributed by atoms with E-state index in [1.54, 1.807) is 12.1 Å². The molecule has 0 aliphatic heterocycles. The zero-order chi connectivity index (χ0) is 5.82. The topological polar surface area (TPSA) is 22.4 Å². The van der Waals surface area contributed by atoms with Crippen LogP contribution in [0.2, 0.25) is 0 Å². The van der Waals surface area contributed by atoms with Gasteiger partial charge < -0.3 is 8.60 Å². The average molecular weight is 148 g/mol. The first-order chi connectivity index (χ1) is 3.93. The van der Waals surface area contributed by atoms with Gasteiger partial charge in [-0.3, -0.25) is 0 Å². The molecule has 0 saturated carbocycles. The highest BCUT2D eigenvalue weighted by atomic mass is 32.8. The van der Waals surface area contributed by atoms with Gasteiger partial charge in [0.2, 0.25) is 0 Å². The van der Waals surface area contributed by atoms with Crippen molar-refractivity contribution in [1.29, 1.82) is 0 Å². The largest absolute Gasteiger partial charge is 0.434 e. The van der Waals surface area contributed by atoms with Crippen LogP contribution in [0.4, 0.5) is 0 Å². The molecule has 0 saturated heterocycles. The molecule has 0 aliphatic rings. The Hall–Kier alpha value is -0.350. The van der Waals surface area contributed by atoms with E-state index < -0.39 is 0 Å². The van der Waals surface area contributed by atoms with Crippen molar-refractivity contribution in [2.24, 2.45) is 0 Å². The molecule has 0 N–H and O–H groups in total. The van der Waals surface area contributed by atoms with E-state index in [2.05, 4.69) is 11.2 Å². The summed E-state index contributed by atoms with van der Waals surface area (Å²) in [7, 11) is 0.445. The molecule has 0 fully saturated rings. The Morgan fingerprint density at radius 3 is 3.12 bits per heavy atom. The molecule has 0 atom stereocenters. The Balaban J connectivity index is 2.62. The normalized spacial score (nSPS) is 9.00. The van der Waals surface area contributed by atoms with E-state index in [9.17, 15) is 0 Å². The van der Waals surface area contributed by atoms with Gasteiger partial charge in [0, 0.05) is 6.07 Å². The first-order valence-corrected chi connectivity index (χ1v) is 3.79. The molecule has 44 valence electrons. The van der Waals surface area contributed by atoms with Gasteiger partial charge in [0.25, 0.3) is 5.95 Å². The molecule has 0 bridgehead atoms. The lowest BCUT2D eigenvalue weighted by Crippen LogP contribution is -1.76. The van der Waals surface area contributed by atoms with E-state index in [0.29, 0.717) is 16.5 Å². The minimum atomic E-state index is 0.445. The lowest BCUT2D eigenvalue weighted by Gasteiger charge is -1.86. The number of hydrogen-bond donors (Lipinski definition) is 1. The molecular weight excluding hydrogens is 144 g/mol. The average Bonchev–Trinajstić information content (AvgIpc) is 2.19. The fraction of sp³-hybridized carbons (Fsp3) is 0. The van der Waals surface area contributed by atoms with Crippen LogP contribution in [0.1, 0.15) is 0 Å². The highest BCUT2D eigenvalue weighted by Gasteiger charge is 1.87. The summed E-state index contributed by atoms with van der Waals surface area (Å²) in [5, 5.41) is 0. The summed E-state index contributed by atoms with van der Waals surface area (Å²) in [6.45, 7) is 0. The Morgan fingerprint density at radius 1 is 1.75 bits per heavy atom. The van der Waals surface area contributed by atoms with Crippen LogP contribution in [-0.4, -0.2) is 0 Å². The smallest absolute Gasteiger partial charge is 0.296 e. The van der Waals surface area contributed by atoms with Crippen molar-refractivity contribution in [3.05, 3.63) is 18.4 Å². The molecule has 1 heterocycles. The predicted octanol–water partition coefficient (Wildman–Crippen LogP) is 0.850. The van der Waals surface area contributed by atoms with Crippen molar-refractivity contribution < 1.29 is 8.60 Å². The van der Waals surface area contributed by atoms with Gasteiger partial charge in [-0.2, -0.15) is 0 Å². The predicted molar refractivity (Wildman–Crippen MR) is 35.5 cm³/mol. The fourth-order valence-electron chi connectivity index (χ4n) is 0.352. The zero-order valence-corrected chi connectivity index (χ0v) is 5.61. The molecular formula is C4H4O2S2. The molecule has 1 aromatic rings. The summed E-state index contributed by atoms with van der Waals surface area (Å²) in [4.78, 5) is 0. The third-order valence-electron chi connectivity index (χ3n) is 0.622. The number of thiol groups is 1. The summed E-state index contributed by atoms with van der Waals surface area (Å²) >= 11 is 4.49. The van der Waals surface area contributed by atoms with Gasteiger partial charge in [-0.15, -0.1) is 0 Å². The molecule has 1 rings (SSSR count). The van der Waals surface area contributed by atoms with Crippen LogP contribution >= 0.6 is 0 Å². The van der Waals surface area contributed by atoms with Crippen LogP contribution < -0.4 is 4.18 Å². The Bertz CT molecular complexity index is 159. The van der Waals surface area contributed by atoms with Crippen LogP contribution in [0.15, 0.2) is 22.8 Å². The highest BCUT2D eigenvalue weighted by molar-refractivity contribution is 8.15. The maximum atomic E-state index is 4.78. The molecule has 8 heavy (non-hydrogen) atoms. The Labute approximate surface area is 55.3 Å². The lowest BCUT2D eigenvalue weighted by molar-refractivity contribution is 0.424. The maximum absolute atomic E-state index is 4.78. The monoisotopic (exact) mass is 148 g/mol. The first-order valence-electron chi connectivity index (χ1n) is 1.96. The first kappa shape index (κ1) is 5.78. The van der Waals surface area contributed by atoms with Crippen molar-refractivity contribution in [3.8, 4) is 5.95 Å². The van der Waals surface area contributed by atoms with Crippen molar-refractivity contribution in [2.75, 3.05) is 0 Å². The molecule has 0 spiro atoms. The maximum Gasteiger partial charge on any atom is 0.296 e. The Morgan fingerprint density at radius 2 is 2.62 bits per heavy atom. The molecule has 2 nitrogen and oxygen atoms in total. The van der Waals surface area contributed by atoms with E-state index >= 15 is 0 Å². The summed E-state index contributed by atoms with van der Waals surface area (Å²) in [5.41, 5.74) is 0. The van der Waals surface area contributed by atoms with Gasteiger partial charge in [0.15, 0.2) is 0 Å². The van der Waals surface area contributed by atoms with Gasteiger partial charge in [-0.05, 0) is 17.3 Å². The van der Waals surface area contributed by atoms with Crippen molar-refractivity contribution in [3.63, 3.8) is 0 Å². The molecule has 4 heteroatoms. The van der Waals surface area contributed by atoms with Crippen LogP contribution in [0, 0.1) is 0 Å². The van der Waals surface area contributed by atoms with Crippen molar-refractivity contribution in [2.45, 2.75) is 0 Å². The second-order valence-corrected chi connectivity index (χ2v) is 1.88. The van der Waals surface area contributed by atoms with Crippen molar-refractivity contribution in [1.82, 2.24) is 0 Å². The molecule has 0 radical (unpaired) electrons. The number of rotatable bonds is 2. The SMILES string of the molecule is S=[SH]Oc1ccco1. The second kappa shape index (κ2) is 2.84. The summed E-state index contributed by atoms with van der Waals surface area (Å²) in [5.74, 6) is 0.474. The summed E-state index contributed by atoms with van der Waals surface area (Å²) in [6.07, 6.45) is 1.54. The summed E-state index contributed by atoms with van der Waals surface area (Å²) in [6, 6.07) is 3.45. The number of hydrogen-bond acceptors (Lipinski definition) is 3. The second-order valence-electron chi connectivity index (χ2n) is 1.10. The van der Waals surface area contributed by atoms with E-state index in [-0.39, 0.29) is 0 Å². The van der Waals surface area contributed by atoms with Gasteiger partial charge in [-0.1, -0.05) is 0 Å². The van der Waals surface area contributed by atoms with E-state index in [0.717, 1.165) is 0 Å². The third-order valence-corrected chi connectivity index (χ3v) is 1.10. The van der Waals surface area contributed by atoms with Gasteiger partial charge in [0.1, 0.15) is 0 Å². The van der Waals surface area contributed by atoms with Gasteiger partial charge >= 0.3 is 0 Å². The Kier molecular flexibility index (Phi) is 2.05. The third kappa shape index (κ3) is 1.31. The standard InChI is InChI=1S/C4H4O2S2/c7-8-6-4-2-1-3-5-4/h1-3,8H. The quantitative estimate of drug-likeness (QED) is 0.629. The van der Waals surface area contributed by atoms with Crippen LogP contribution in [0.25, 0.3) is 0 Å².